The molecule has 1 N–H and O–H groups in total. The smallest absolute Gasteiger partial charge is 0.268 e. The van der Waals surface area contributed by atoms with Crippen molar-refractivity contribution >= 4 is 37.5 Å². The van der Waals surface area contributed by atoms with E-state index in [0.717, 1.165) is 19.9 Å². The molecule has 0 saturated carbocycles. The Bertz CT molecular complexity index is 1260. The van der Waals surface area contributed by atoms with Gasteiger partial charge in [-0.15, -0.1) is 0 Å². The standard InChI is InChI=1S/C25H27BrN2O5S/c1-17-8-13-23(33-4)24(14-17)34(30,31)28(21-6-5-7-22(15-21)32-3)16-25(29)27-18(2)19-9-11-20(26)12-10-19/h5-15,18H,16H2,1-4H3,(H,27,29)/t18-/m0/s1. The van der Waals surface area contributed by atoms with Crippen molar-refractivity contribution in [1.29, 1.82) is 0 Å². The van der Waals surface area contributed by atoms with Gasteiger partial charge in [-0.3, -0.25) is 9.10 Å². The molecule has 3 aromatic rings. The molecule has 0 aromatic heterocycles. The predicted octanol–water partition coefficient (Wildman–Crippen LogP) is 4.85. The Morgan fingerprint density at radius 3 is 2.38 bits per heavy atom. The number of benzene rings is 3. The Hall–Kier alpha value is -3.04. The number of nitrogens with zero attached hydrogens (tertiary/aromatic N) is 1. The second-order valence-electron chi connectivity index (χ2n) is 7.71. The fourth-order valence-corrected chi connectivity index (χ4v) is 5.36. The van der Waals surface area contributed by atoms with Gasteiger partial charge in [0, 0.05) is 10.5 Å². The summed E-state index contributed by atoms with van der Waals surface area (Å²) in [6.45, 7) is 3.21. The lowest BCUT2D eigenvalue weighted by atomic mass is 10.1. The van der Waals surface area contributed by atoms with Crippen molar-refractivity contribution < 1.29 is 22.7 Å². The molecule has 9 heteroatoms. The number of halogens is 1. The van der Waals surface area contributed by atoms with Gasteiger partial charge >= 0.3 is 0 Å². The van der Waals surface area contributed by atoms with Gasteiger partial charge in [-0.2, -0.15) is 0 Å². The number of nitrogens with one attached hydrogen (secondary N) is 1. The molecule has 34 heavy (non-hydrogen) atoms. The normalized spacial score (nSPS) is 12.0. The number of carbonyl (C=O) groups excluding carboxylic acids is 1. The topological polar surface area (TPSA) is 84.9 Å². The minimum absolute atomic E-state index is 0.0217. The molecular formula is C25H27BrN2O5S. The molecule has 7 nitrogen and oxygen atoms in total. The Labute approximate surface area is 208 Å². The average molecular weight is 547 g/mol. The van der Waals surface area contributed by atoms with Crippen LogP contribution in [-0.4, -0.2) is 35.1 Å². The van der Waals surface area contributed by atoms with Crippen molar-refractivity contribution in [3.05, 3.63) is 82.3 Å². The summed E-state index contributed by atoms with van der Waals surface area (Å²) in [6.07, 6.45) is 0. The van der Waals surface area contributed by atoms with Crippen LogP contribution in [0.15, 0.2) is 76.1 Å². The fraction of sp³-hybridized carbons (Fsp3) is 0.240. The SMILES string of the molecule is COc1cccc(N(CC(=O)N[C@@H](C)c2ccc(Br)cc2)S(=O)(=O)c2cc(C)ccc2OC)c1. The van der Waals surface area contributed by atoms with Crippen LogP contribution in [-0.2, 0) is 14.8 Å². The van der Waals surface area contributed by atoms with Gasteiger partial charge < -0.3 is 14.8 Å². The molecule has 0 aliphatic rings. The van der Waals surface area contributed by atoms with Gasteiger partial charge in [-0.25, -0.2) is 8.42 Å². The Kier molecular flexibility index (Phi) is 8.22. The van der Waals surface area contributed by atoms with E-state index >= 15 is 0 Å². The molecule has 1 amide bonds. The summed E-state index contributed by atoms with van der Waals surface area (Å²) in [5, 5.41) is 2.89. The first-order valence-corrected chi connectivity index (χ1v) is 12.7. The van der Waals surface area contributed by atoms with Crippen LogP contribution in [0.3, 0.4) is 0 Å². The highest BCUT2D eigenvalue weighted by atomic mass is 79.9. The van der Waals surface area contributed by atoms with Crippen LogP contribution in [0, 0.1) is 6.92 Å². The van der Waals surface area contributed by atoms with Gasteiger partial charge in [0.25, 0.3) is 10.0 Å². The average Bonchev–Trinajstić information content (AvgIpc) is 2.82. The van der Waals surface area contributed by atoms with Crippen molar-refractivity contribution in [3.63, 3.8) is 0 Å². The number of amides is 1. The largest absolute Gasteiger partial charge is 0.497 e. The molecule has 180 valence electrons. The van der Waals surface area contributed by atoms with E-state index in [2.05, 4.69) is 21.2 Å². The molecule has 0 aliphatic heterocycles. The molecule has 0 aliphatic carbocycles. The molecular weight excluding hydrogens is 520 g/mol. The van der Waals surface area contributed by atoms with Crippen LogP contribution in [0.5, 0.6) is 11.5 Å². The van der Waals surface area contributed by atoms with Crippen LogP contribution < -0.4 is 19.1 Å². The van der Waals surface area contributed by atoms with Gasteiger partial charge in [0.2, 0.25) is 5.91 Å². The van der Waals surface area contributed by atoms with E-state index in [4.69, 9.17) is 9.47 Å². The van der Waals surface area contributed by atoms with Gasteiger partial charge in [-0.1, -0.05) is 40.2 Å². The van der Waals surface area contributed by atoms with Crippen molar-refractivity contribution in [2.24, 2.45) is 0 Å². The van der Waals surface area contributed by atoms with Crippen molar-refractivity contribution in [2.75, 3.05) is 25.1 Å². The lowest BCUT2D eigenvalue weighted by Gasteiger charge is -2.26. The third kappa shape index (κ3) is 5.90. The van der Waals surface area contributed by atoms with E-state index in [-0.39, 0.29) is 16.7 Å². The summed E-state index contributed by atoms with van der Waals surface area (Å²) in [5.41, 5.74) is 1.94. The second-order valence-corrected chi connectivity index (χ2v) is 10.5. The highest BCUT2D eigenvalue weighted by Gasteiger charge is 2.31. The van der Waals surface area contributed by atoms with Crippen LogP contribution in [0.2, 0.25) is 0 Å². The number of carbonyl (C=O) groups is 1. The highest BCUT2D eigenvalue weighted by Crippen LogP contribution is 2.32. The predicted molar refractivity (Wildman–Crippen MR) is 136 cm³/mol. The number of hydrogen-bond donors (Lipinski definition) is 1. The third-order valence-electron chi connectivity index (χ3n) is 5.26. The van der Waals surface area contributed by atoms with E-state index in [1.165, 1.54) is 20.3 Å². The van der Waals surface area contributed by atoms with Crippen LogP contribution in [0.4, 0.5) is 5.69 Å². The molecule has 0 spiro atoms. The van der Waals surface area contributed by atoms with Gasteiger partial charge in [0.15, 0.2) is 0 Å². The zero-order chi connectivity index (χ0) is 24.9. The number of rotatable bonds is 9. The molecule has 0 heterocycles. The maximum absolute atomic E-state index is 13.8. The maximum atomic E-state index is 13.8. The van der Waals surface area contributed by atoms with Crippen molar-refractivity contribution in [3.8, 4) is 11.5 Å². The van der Waals surface area contributed by atoms with E-state index in [9.17, 15) is 13.2 Å². The van der Waals surface area contributed by atoms with E-state index in [1.807, 2.05) is 31.2 Å². The van der Waals surface area contributed by atoms with Crippen molar-refractivity contribution in [2.45, 2.75) is 24.8 Å². The number of hydrogen-bond acceptors (Lipinski definition) is 5. The van der Waals surface area contributed by atoms with Crippen molar-refractivity contribution in [1.82, 2.24) is 5.32 Å². The zero-order valence-electron chi connectivity index (χ0n) is 19.4. The monoisotopic (exact) mass is 546 g/mol. The summed E-state index contributed by atoms with van der Waals surface area (Å²) in [4.78, 5) is 13.0. The third-order valence-corrected chi connectivity index (χ3v) is 7.59. The maximum Gasteiger partial charge on any atom is 0.268 e. The Morgan fingerprint density at radius 2 is 1.74 bits per heavy atom. The molecule has 0 radical (unpaired) electrons. The van der Waals surface area contributed by atoms with Gasteiger partial charge in [0.05, 0.1) is 25.9 Å². The fourth-order valence-electron chi connectivity index (χ4n) is 3.44. The molecule has 0 unspecified atom stereocenters. The summed E-state index contributed by atoms with van der Waals surface area (Å²) in [5.74, 6) is 0.216. The molecule has 3 rings (SSSR count). The van der Waals surface area contributed by atoms with Gasteiger partial charge in [0.1, 0.15) is 22.9 Å². The molecule has 3 aromatic carbocycles. The van der Waals surface area contributed by atoms with E-state index in [0.29, 0.717) is 11.4 Å². The highest BCUT2D eigenvalue weighted by molar-refractivity contribution is 9.10. The number of sulfonamides is 1. The zero-order valence-corrected chi connectivity index (χ0v) is 21.8. The summed E-state index contributed by atoms with van der Waals surface area (Å²) < 4.78 is 40.2. The molecule has 0 fully saturated rings. The first kappa shape index (κ1) is 25.6. The lowest BCUT2D eigenvalue weighted by Crippen LogP contribution is -2.41. The van der Waals surface area contributed by atoms with Gasteiger partial charge in [-0.05, 0) is 61.4 Å². The number of ether oxygens (including phenoxy) is 2. The molecule has 0 bridgehead atoms. The Balaban J connectivity index is 1.98. The number of methoxy groups -OCH3 is 2. The summed E-state index contributed by atoms with van der Waals surface area (Å²) >= 11 is 3.40. The van der Waals surface area contributed by atoms with Crippen LogP contribution >= 0.6 is 15.9 Å². The molecule has 1 atom stereocenters. The quantitative estimate of drug-likeness (QED) is 0.414. The number of aryl methyl sites for hydroxylation is 1. The number of anilines is 1. The minimum atomic E-state index is -4.16. The van der Waals surface area contributed by atoms with Crippen LogP contribution in [0.25, 0.3) is 0 Å². The minimum Gasteiger partial charge on any atom is -0.497 e. The molecule has 0 saturated heterocycles. The lowest BCUT2D eigenvalue weighted by molar-refractivity contribution is -0.120. The summed E-state index contributed by atoms with van der Waals surface area (Å²) in [6, 6.07) is 18.7. The first-order valence-electron chi connectivity index (χ1n) is 10.5. The summed E-state index contributed by atoms with van der Waals surface area (Å²) in [7, 11) is -1.26. The first-order chi connectivity index (χ1) is 16.1. The van der Waals surface area contributed by atoms with E-state index in [1.54, 1.807) is 43.3 Å². The van der Waals surface area contributed by atoms with E-state index < -0.39 is 22.5 Å². The van der Waals surface area contributed by atoms with Crippen LogP contribution in [0.1, 0.15) is 24.1 Å². The second kappa shape index (κ2) is 10.9. The Morgan fingerprint density at radius 1 is 1.03 bits per heavy atom.